The van der Waals surface area contributed by atoms with Gasteiger partial charge in [0.2, 0.25) is 0 Å². The molecule has 1 aliphatic heterocycles. The quantitative estimate of drug-likeness (QED) is 0.0347. The first kappa shape index (κ1) is 49.8. The fourth-order valence-corrected chi connectivity index (χ4v) is 6.99. The van der Waals surface area contributed by atoms with E-state index in [-0.39, 0.29) is 36.1 Å². The topological polar surface area (TPSA) is 112 Å². The zero-order chi connectivity index (χ0) is 39.7. The third kappa shape index (κ3) is 27.4. The third-order valence-corrected chi connectivity index (χ3v) is 10.4. The van der Waals surface area contributed by atoms with Crippen LogP contribution in [0.4, 0.5) is 0 Å². The molecule has 316 valence electrons. The van der Waals surface area contributed by atoms with Crippen LogP contribution in [0.1, 0.15) is 194 Å². The molecule has 0 bridgehead atoms. The molecule has 10 heteroatoms. The summed E-state index contributed by atoms with van der Waals surface area (Å²) in [6, 6.07) is -0.453. The van der Waals surface area contributed by atoms with Gasteiger partial charge < -0.3 is 23.8 Å². The molecule has 0 N–H and O–H groups in total. The van der Waals surface area contributed by atoms with E-state index in [0.29, 0.717) is 58.5 Å². The molecule has 1 fully saturated rings. The van der Waals surface area contributed by atoms with Crippen LogP contribution in [0.25, 0.3) is 0 Å². The number of nitrogens with zero attached hydrogens (tertiary/aromatic N) is 2. The van der Waals surface area contributed by atoms with E-state index in [0.717, 1.165) is 77.0 Å². The van der Waals surface area contributed by atoms with Crippen LogP contribution in [0.2, 0.25) is 0 Å². The fourth-order valence-electron chi connectivity index (χ4n) is 6.99. The van der Waals surface area contributed by atoms with Gasteiger partial charge in [0.25, 0.3) is 0 Å². The van der Waals surface area contributed by atoms with Gasteiger partial charge in [-0.2, -0.15) is 0 Å². The van der Waals surface area contributed by atoms with Crippen LogP contribution in [-0.4, -0.2) is 98.9 Å². The Balaban J connectivity index is 2.34. The van der Waals surface area contributed by atoms with Crippen LogP contribution in [0, 0.1) is 0 Å². The molecular formula is C44H82N2O8. The molecule has 0 spiro atoms. The van der Waals surface area contributed by atoms with E-state index in [9.17, 15) is 19.2 Å². The van der Waals surface area contributed by atoms with Crippen molar-refractivity contribution < 1.29 is 38.1 Å². The van der Waals surface area contributed by atoms with Crippen molar-refractivity contribution in [2.45, 2.75) is 212 Å². The highest BCUT2D eigenvalue weighted by Crippen LogP contribution is 2.24. The van der Waals surface area contributed by atoms with Crippen LogP contribution in [0.3, 0.4) is 0 Å². The lowest BCUT2D eigenvalue weighted by Crippen LogP contribution is -2.38. The van der Waals surface area contributed by atoms with Gasteiger partial charge in [-0.25, -0.2) is 0 Å². The van der Waals surface area contributed by atoms with E-state index in [2.05, 4.69) is 25.7 Å². The van der Waals surface area contributed by atoms with Crippen molar-refractivity contribution in [2.24, 2.45) is 0 Å². The van der Waals surface area contributed by atoms with Gasteiger partial charge in [0.1, 0.15) is 18.2 Å². The Morgan fingerprint density at radius 2 is 1.15 bits per heavy atom. The van der Waals surface area contributed by atoms with Crippen molar-refractivity contribution in [1.29, 1.82) is 0 Å². The SMILES string of the molecule is CCCCCCCCCCCOC(=O)CCCCCN1CC(OC(=O)CCN(C)C)CC1C(=O)OCCCCCCC(=O)OC(CC)CCCCCCC. The molecule has 1 saturated heterocycles. The summed E-state index contributed by atoms with van der Waals surface area (Å²) >= 11 is 0. The molecule has 0 aliphatic carbocycles. The summed E-state index contributed by atoms with van der Waals surface area (Å²) in [5.74, 6) is -0.759. The van der Waals surface area contributed by atoms with E-state index >= 15 is 0 Å². The smallest absolute Gasteiger partial charge is 0.323 e. The molecule has 1 rings (SSSR count). The highest BCUT2D eigenvalue weighted by Gasteiger charge is 2.39. The summed E-state index contributed by atoms with van der Waals surface area (Å²) in [5.41, 5.74) is 0. The molecule has 0 aromatic rings. The second-order valence-corrected chi connectivity index (χ2v) is 15.8. The zero-order valence-electron chi connectivity index (χ0n) is 35.5. The van der Waals surface area contributed by atoms with Gasteiger partial charge in [-0.05, 0) is 72.0 Å². The zero-order valence-corrected chi connectivity index (χ0v) is 35.5. The largest absolute Gasteiger partial charge is 0.466 e. The predicted octanol–water partition coefficient (Wildman–Crippen LogP) is 9.73. The first-order valence-corrected chi connectivity index (χ1v) is 22.3. The average molecular weight is 767 g/mol. The number of carbonyl (C=O) groups excluding carboxylic acids is 4. The number of unbranched alkanes of at least 4 members (excludes halogenated alkanes) is 17. The Labute approximate surface area is 330 Å². The predicted molar refractivity (Wildman–Crippen MR) is 217 cm³/mol. The van der Waals surface area contributed by atoms with Crippen molar-refractivity contribution in [3.05, 3.63) is 0 Å². The van der Waals surface area contributed by atoms with Gasteiger partial charge in [-0.3, -0.25) is 24.1 Å². The minimum atomic E-state index is -0.453. The Morgan fingerprint density at radius 1 is 0.611 bits per heavy atom. The number of hydrogen-bond acceptors (Lipinski definition) is 10. The van der Waals surface area contributed by atoms with E-state index in [1.807, 2.05) is 19.0 Å². The normalized spacial score (nSPS) is 16.4. The number of carbonyl (C=O) groups is 4. The van der Waals surface area contributed by atoms with E-state index in [1.165, 1.54) is 70.6 Å². The number of likely N-dealkylation sites (tertiary alicyclic amines) is 1. The maximum absolute atomic E-state index is 13.2. The molecule has 0 saturated carbocycles. The number of esters is 4. The van der Waals surface area contributed by atoms with Gasteiger partial charge in [-0.15, -0.1) is 0 Å². The highest BCUT2D eigenvalue weighted by atomic mass is 16.6. The van der Waals surface area contributed by atoms with Crippen molar-refractivity contribution in [1.82, 2.24) is 9.80 Å². The molecule has 1 aliphatic rings. The van der Waals surface area contributed by atoms with Crippen molar-refractivity contribution in [3.63, 3.8) is 0 Å². The first-order chi connectivity index (χ1) is 26.2. The maximum atomic E-state index is 13.2. The van der Waals surface area contributed by atoms with E-state index < -0.39 is 6.04 Å². The standard InChI is InChI=1S/C44H82N2O8/c1-6-9-11-13-14-15-16-19-26-34-51-41(47)29-24-21-25-32-46-37-39(54-43(49)31-33-45(4)5)36-40(46)44(50)52-35-27-20-18-23-30-42(48)53-38(8-3)28-22-17-12-10-7-2/h38-40H,6-37H2,1-5H3. The van der Waals surface area contributed by atoms with Gasteiger partial charge in [0.05, 0.1) is 19.6 Å². The molecule has 54 heavy (non-hydrogen) atoms. The molecule has 3 atom stereocenters. The lowest BCUT2D eigenvalue weighted by Gasteiger charge is -2.22. The lowest BCUT2D eigenvalue weighted by atomic mass is 10.1. The minimum Gasteiger partial charge on any atom is -0.466 e. The minimum absolute atomic E-state index is 0.0257. The summed E-state index contributed by atoms with van der Waals surface area (Å²) in [6.45, 7) is 9.16. The van der Waals surface area contributed by atoms with Gasteiger partial charge in [0, 0.05) is 32.4 Å². The summed E-state index contributed by atoms with van der Waals surface area (Å²) in [5, 5.41) is 0. The molecule has 0 radical (unpaired) electrons. The third-order valence-electron chi connectivity index (χ3n) is 10.4. The number of ether oxygens (including phenoxy) is 4. The molecule has 0 aromatic carbocycles. The van der Waals surface area contributed by atoms with Crippen LogP contribution in [0.5, 0.6) is 0 Å². The molecule has 0 aromatic heterocycles. The van der Waals surface area contributed by atoms with Crippen molar-refractivity contribution in [2.75, 3.05) is 46.9 Å². The van der Waals surface area contributed by atoms with Gasteiger partial charge in [-0.1, -0.05) is 117 Å². The molecule has 3 unspecified atom stereocenters. The highest BCUT2D eigenvalue weighted by molar-refractivity contribution is 5.76. The first-order valence-electron chi connectivity index (χ1n) is 22.3. The van der Waals surface area contributed by atoms with Crippen LogP contribution in [-0.2, 0) is 38.1 Å². The fraction of sp³-hybridized carbons (Fsp3) is 0.909. The molecule has 0 amide bonds. The summed E-state index contributed by atoms with van der Waals surface area (Å²) in [7, 11) is 3.84. The van der Waals surface area contributed by atoms with E-state index in [4.69, 9.17) is 18.9 Å². The Morgan fingerprint density at radius 3 is 1.76 bits per heavy atom. The summed E-state index contributed by atoms with van der Waals surface area (Å²) in [6.07, 6.45) is 26.0. The lowest BCUT2D eigenvalue weighted by molar-refractivity contribution is -0.151. The number of hydrogen-bond donors (Lipinski definition) is 0. The average Bonchev–Trinajstić information content (AvgIpc) is 3.55. The number of rotatable bonds is 36. The van der Waals surface area contributed by atoms with Gasteiger partial charge >= 0.3 is 23.9 Å². The maximum Gasteiger partial charge on any atom is 0.323 e. The molecule has 10 nitrogen and oxygen atoms in total. The van der Waals surface area contributed by atoms with Gasteiger partial charge in [0.15, 0.2) is 0 Å². The van der Waals surface area contributed by atoms with E-state index in [1.54, 1.807) is 0 Å². The van der Waals surface area contributed by atoms with Crippen molar-refractivity contribution in [3.8, 4) is 0 Å². The Bertz CT molecular complexity index is 961. The summed E-state index contributed by atoms with van der Waals surface area (Å²) in [4.78, 5) is 54.3. The Hall–Kier alpha value is -2.20. The Kier molecular flexibility index (Phi) is 31.4. The molecule has 1 heterocycles. The molecular weight excluding hydrogens is 684 g/mol. The van der Waals surface area contributed by atoms with Crippen LogP contribution >= 0.6 is 0 Å². The van der Waals surface area contributed by atoms with Crippen LogP contribution < -0.4 is 0 Å². The summed E-state index contributed by atoms with van der Waals surface area (Å²) < 4.78 is 22.6. The van der Waals surface area contributed by atoms with Crippen molar-refractivity contribution >= 4 is 23.9 Å². The second-order valence-electron chi connectivity index (χ2n) is 15.8. The second kappa shape index (κ2) is 34.1. The monoisotopic (exact) mass is 767 g/mol. The van der Waals surface area contributed by atoms with Crippen LogP contribution in [0.15, 0.2) is 0 Å².